The van der Waals surface area contributed by atoms with Gasteiger partial charge in [0.1, 0.15) is 17.4 Å². The number of benzene rings is 1. The summed E-state index contributed by atoms with van der Waals surface area (Å²) in [5.74, 6) is 1.74. The quantitative estimate of drug-likeness (QED) is 0.538. The maximum Gasteiger partial charge on any atom is 0.243 e. The lowest BCUT2D eigenvalue weighted by atomic mass is 10.2. The average Bonchev–Trinajstić information content (AvgIpc) is 3.30. The van der Waals surface area contributed by atoms with Crippen LogP contribution >= 0.6 is 11.6 Å². The molecule has 0 saturated carbocycles. The number of nitrogens with zero attached hydrogens (tertiary/aromatic N) is 4. The molecule has 1 atom stereocenters. The number of nitrogens with one attached hydrogen (secondary N) is 2. The number of aromatic nitrogens is 2. The number of hydrogen-bond acceptors (Lipinski definition) is 8. The van der Waals surface area contributed by atoms with E-state index in [2.05, 4.69) is 37.0 Å². The number of morpholine rings is 1. The van der Waals surface area contributed by atoms with Crippen molar-refractivity contribution in [2.45, 2.75) is 12.5 Å². The Morgan fingerprint density at radius 1 is 1.27 bits per heavy atom. The highest BCUT2D eigenvalue weighted by Gasteiger charge is 2.26. The molecule has 9 nitrogen and oxygen atoms in total. The summed E-state index contributed by atoms with van der Waals surface area (Å²) in [5, 5.41) is 6.61. The van der Waals surface area contributed by atoms with Gasteiger partial charge in [0.05, 0.1) is 19.4 Å². The van der Waals surface area contributed by atoms with Crippen LogP contribution in [0.15, 0.2) is 43.1 Å². The molecule has 0 unspecified atom stereocenters. The summed E-state index contributed by atoms with van der Waals surface area (Å²) in [4.78, 5) is 24.9. The van der Waals surface area contributed by atoms with Gasteiger partial charge in [0.25, 0.3) is 0 Å². The fraction of sp³-hybridized carbons (Fsp3) is 0.435. The molecule has 1 aromatic heterocycles. The summed E-state index contributed by atoms with van der Waals surface area (Å²) >= 11 is 6.36. The second-order valence-corrected chi connectivity index (χ2v) is 8.37. The molecule has 0 aliphatic carbocycles. The Hall–Kier alpha value is -2.88. The molecule has 2 N–H and O–H groups in total. The first kappa shape index (κ1) is 23.3. The molecular formula is C23H29ClN6O3. The first-order valence-electron chi connectivity index (χ1n) is 11.1. The zero-order valence-electron chi connectivity index (χ0n) is 18.5. The minimum Gasteiger partial charge on any atom is -0.492 e. The normalized spacial score (nSPS) is 18.7. The molecule has 3 heterocycles. The minimum atomic E-state index is -0.175. The second-order valence-electron chi connectivity index (χ2n) is 7.96. The summed E-state index contributed by atoms with van der Waals surface area (Å²) in [5.41, 5.74) is 0.848. The minimum absolute atomic E-state index is 0.0359. The van der Waals surface area contributed by atoms with Gasteiger partial charge >= 0.3 is 0 Å². The molecular weight excluding hydrogens is 444 g/mol. The van der Waals surface area contributed by atoms with Crippen LogP contribution in [-0.2, 0) is 9.53 Å². The molecule has 2 aromatic rings. The van der Waals surface area contributed by atoms with Crippen molar-refractivity contribution >= 4 is 35.0 Å². The third-order valence-corrected chi connectivity index (χ3v) is 5.90. The van der Waals surface area contributed by atoms with Crippen molar-refractivity contribution < 1.29 is 14.3 Å². The molecule has 0 radical (unpaired) electrons. The predicted octanol–water partition coefficient (Wildman–Crippen LogP) is 2.47. The molecule has 33 heavy (non-hydrogen) atoms. The van der Waals surface area contributed by atoms with E-state index >= 15 is 0 Å². The molecule has 0 bridgehead atoms. The van der Waals surface area contributed by atoms with Gasteiger partial charge in [-0.25, -0.2) is 4.98 Å². The van der Waals surface area contributed by atoms with Crippen LogP contribution in [0.2, 0.25) is 5.02 Å². The molecule has 4 rings (SSSR count). The van der Waals surface area contributed by atoms with E-state index in [0.29, 0.717) is 29.9 Å². The molecule has 1 aromatic carbocycles. The third-order valence-electron chi connectivity index (χ3n) is 5.64. The first-order valence-corrected chi connectivity index (χ1v) is 11.5. The van der Waals surface area contributed by atoms with Crippen LogP contribution in [0.25, 0.3) is 0 Å². The molecule has 1 amide bonds. The average molecular weight is 473 g/mol. The number of hydrogen-bond donors (Lipinski definition) is 2. The SMILES string of the molecule is C=CC(=O)N[C@@H]1CCN(c2nc(Nc3ccc(OCCN4CCOCC4)cc3)ncc2Cl)C1. The summed E-state index contributed by atoms with van der Waals surface area (Å²) in [7, 11) is 0. The zero-order valence-corrected chi connectivity index (χ0v) is 19.3. The lowest BCUT2D eigenvalue weighted by molar-refractivity contribution is -0.117. The van der Waals surface area contributed by atoms with Crippen LogP contribution in [0.4, 0.5) is 17.5 Å². The molecule has 10 heteroatoms. The van der Waals surface area contributed by atoms with Gasteiger partial charge in [-0.3, -0.25) is 9.69 Å². The van der Waals surface area contributed by atoms with Crippen LogP contribution < -0.4 is 20.3 Å². The van der Waals surface area contributed by atoms with Gasteiger partial charge < -0.3 is 25.0 Å². The number of carbonyl (C=O) groups excluding carboxylic acids is 1. The summed E-state index contributed by atoms with van der Waals surface area (Å²) in [6.07, 6.45) is 3.68. The smallest absolute Gasteiger partial charge is 0.243 e. The van der Waals surface area contributed by atoms with Crippen LogP contribution in [-0.4, -0.2) is 79.4 Å². The lowest BCUT2D eigenvalue weighted by Crippen LogP contribution is -2.38. The maximum atomic E-state index is 11.6. The van der Waals surface area contributed by atoms with Gasteiger partial charge in [0, 0.05) is 44.5 Å². The number of halogens is 1. The Labute approximate surface area is 198 Å². The second kappa shape index (κ2) is 11.3. The van der Waals surface area contributed by atoms with Gasteiger partial charge in [-0.1, -0.05) is 18.2 Å². The Bertz CT molecular complexity index is 952. The van der Waals surface area contributed by atoms with Crippen molar-refractivity contribution in [3.8, 4) is 5.75 Å². The predicted molar refractivity (Wildman–Crippen MR) is 128 cm³/mol. The van der Waals surface area contributed by atoms with E-state index in [1.165, 1.54) is 6.08 Å². The number of rotatable bonds is 9. The molecule has 176 valence electrons. The molecule has 2 aliphatic rings. The molecule has 2 fully saturated rings. The van der Waals surface area contributed by atoms with Gasteiger partial charge in [-0.2, -0.15) is 4.98 Å². The van der Waals surface area contributed by atoms with E-state index < -0.39 is 0 Å². The Morgan fingerprint density at radius 3 is 2.82 bits per heavy atom. The Morgan fingerprint density at radius 2 is 2.06 bits per heavy atom. The fourth-order valence-corrected chi connectivity index (χ4v) is 4.06. The summed E-state index contributed by atoms with van der Waals surface area (Å²) < 4.78 is 11.2. The van der Waals surface area contributed by atoms with E-state index in [9.17, 15) is 4.79 Å². The number of amides is 1. The molecule has 0 spiro atoms. The highest BCUT2D eigenvalue weighted by atomic mass is 35.5. The van der Waals surface area contributed by atoms with Crippen molar-refractivity contribution in [3.05, 3.63) is 48.1 Å². The number of anilines is 3. The van der Waals surface area contributed by atoms with Crippen LogP contribution in [0.3, 0.4) is 0 Å². The summed E-state index contributed by atoms with van der Waals surface area (Å²) in [6, 6.07) is 7.74. The van der Waals surface area contributed by atoms with Crippen LogP contribution in [0.5, 0.6) is 5.75 Å². The number of ether oxygens (including phenoxy) is 2. The van der Waals surface area contributed by atoms with E-state index in [0.717, 1.165) is 57.3 Å². The lowest BCUT2D eigenvalue weighted by Gasteiger charge is -2.26. The van der Waals surface area contributed by atoms with Gasteiger partial charge in [0.2, 0.25) is 11.9 Å². The van der Waals surface area contributed by atoms with Crippen molar-refractivity contribution in [2.24, 2.45) is 0 Å². The molecule has 2 aliphatic heterocycles. The maximum absolute atomic E-state index is 11.6. The van der Waals surface area contributed by atoms with Gasteiger partial charge in [0.15, 0.2) is 5.82 Å². The largest absolute Gasteiger partial charge is 0.492 e. The fourth-order valence-electron chi connectivity index (χ4n) is 3.85. The standard InChI is InChI=1S/C23H29ClN6O3/c1-2-21(31)26-18-7-8-30(16-18)22-20(24)15-25-23(28-22)27-17-3-5-19(6-4-17)33-14-11-29-9-12-32-13-10-29/h2-6,15,18H,1,7-14,16H2,(H,26,31)(H,25,27,28)/t18-/m1/s1. The zero-order chi connectivity index (χ0) is 23.0. The van der Waals surface area contributed by atoms with E-state index in [-0.39, 0.29) is 11.9 Å². The highest BCUT2D eigenvalue weighted by Crippen LogP contribution is 2.28. The van der Waals surface area contributed by atoms with E-state index in [4.69, 9.17) is 21.1 Å². The van der Waals surface area contributed by atoms with Crippen molar-refractivity contribution in [2.75, 3.05) is 62.8 Å². The van der Waals surface area contributed by atoms with Gasteiger partial charge in [-0.15, -0.1) is 0 Å². The Balaban J connectivity index is 1.30. The van der Waals surface area contributed by atoms with Crippen molar-refractivity contribution in [3.63, 3.8) is 0 Å². The highest BCUT2D eigenvalue weighted by molar-refractivity contribution is 6.32. The third kappa shape index (κ3) is 6.56. The summed E-state index contributed by atoms with van der Waals surface area (Å²) in [6.45, 7) is 9.89. The monoisotopic (exact) mass is 472 g/mol. The topological polar surface area (TPSA) is 91.9 Å². The van der Waals surface area contributed by atoms with Crippen molar-refractivity contribution in [1.29, 1.82) is 0 Å². The van der Waals surface area contributed by atoms with Crippen LogP contribution in [0.1, 0.15) is 6.42 Å². The van der Waals surface area contributed by atoms with Crippen LogP contribution in [0, 0.1) is 0 Å². The Kier molecular flexibility index (Phi) is 7.98. The van der Waals surface area contributed by atoms with E-state index in [1.54, 1.807) is 6.20 Å². The first-order chi connectivity index (χ1) is 16.1. The van der Waals surface area contributed by atoms with Crippen molar-refractivity contribution in [1.82, 2.24) is 20.2 Å². The van der Waals surface area contributed by atoms with E-state index in [1.807, 2.05) is 24.3 Å². The van der Waals surface area contributed by atoms with Gasteiger partial charge in [-0.05, 0) is 36.8 Å². The molecule has 2 saturated heterocycles. The number of carbonyl (C=O) groups is 1.